The highest BCUT2D eigenvalue weighted by Gasteiger charge is 2.18. The molecule has 5 nitrogen and oxygen atoms in total. The van der Waals surface area contributed by atoms with Crippen LogP contribution < -0.4 is 5.32 Å². The number of rotatable bonds is 5. The third-order valence-electron chi connectivity index (χ3n) is 3.06. The Morgan fingerprint density at radius 2 is 2.19 bits per heavy atom. The van der Waals surface area contributed by atoms with E-state index in [0.717, 1.165) is 19.4 Å². The van der Waals surface area contributed by atoms with Crippen LogP contribution in [0.2, 0.25) is 10.0 Å². The van der Waals surface area contributed by atoms with Crippen molar-refractivity contribution < 1.29 is 19.1 Å². The number of benzene rings is 1. The summed E-state index contributed by atoms with van der Waals surface area (Å²) in [7, 11) is 0. The molecule has 1 atom stereocenters. The zero-order chi connectivity index (χ0) is 15.2. The molecule has 0 aliphatic carbocycles. The van der Waals surface area contributed by atoms with Gasteiger partial charge in [0.25, 0.3) is 5.91 Å². The summed E-state index contributed by atoms with van der Waals surface area (Å²) in [5, 5.41) is 3.03. The Labute approximate surface area is 132 Å². The van der Waals surface area contributed by atoms with Crippen molar-refractivity contribution in [3.05, 3.63) is 33.8 Å². The van der Waals surface area contributed by atoms with Gasteiger partial charge in [-0.1, -0.05) is 29.3 Å². The SMILES string of the molecule is O=C(COC(=O)c1cccc(Cl)c1Cl)NCC1CCCO1. The van der Waals surface area contributed by atoms with E-state index in [1.54, 1.807) is 12.1 Å². The summed E-state index contributed by atoms with van der Waals surface area (Å²) >= 11 is 11.7. The van der Waals surface area contributed by atoms with Gasteiger partial charge in [-0.3, -0.25) is 4.79 Å². The van der Waals surface area contributed by atoms with Crippen molar-refractivity contribution in [2.45, 2.75) is 18.9 Å². The van der Waals surface area contributed by atoms with Crippen LogP contribution in [0.1, 0.15) is 23.2 Å². The lowest BCUT2D eigenvalue weighted by Crippen LogP contribution is -2.34. The minimum atomic E-state index is -0.685. The van der Waals surface area contributed by atoms with Crippen molar-refractivity contribution >= 4 is 35.1 Å². The second-order valence-electron chi connectivity index (χ2n) is 4.62. The van der Waals surface area contributed by atoms with Gasteiger partial charge in [-0.05, 0) is 25.0 Å². The molecular weight excluding hydrogens is 317 g/mol. The molecule has 1 heterocycles. The fourth-order valence-corrected chi connectivity index (χ4v) is 2.33. The summed E-state index contributed by atoms with van der Waals surface area (Å²) in [5.41, 5.74) is 0.135. The van der Waals surface area contributed by atoms with Crippen LogP contribution in [0.4, 0.5) is 0 Å². The van der Waals surface area contributed by atoms with Gasteiger partial charge in [-0.2, -0.15) is 0 Å². The van der Waals surface area contributed by atoms with Crippen molar-refractivity contribution in [1.29, 1.82) is 0 Å². The summed E-state index contributed by atoms with van der Waals surface area (Å²) < 4.78 is 10.3. The van der Waals surface area contributed by atoms with Crippen LogP contribution in [-0.4, -0.2) is 37.7 Å². The molecule has 0 bridgehead atoms. The van der Waals surface area contributed by atoms with E-state index in [0.29, 0.717) is 6.54 Å². The molecule has 1 fully saturated rings. The van der Waals surface area contributed by atoms with E-state index in [1.165, 1.54) is 6.07 Å². The van der Waals surface area contributed by atoms with Gasteiger partial charge in [-0.15, -0.1) is 0 Å². The maximum Gasteiger partial charge on any atom is 0.340 e. The molecule has 114 valence electrons. The Bertz CT molecular complexity index is 530. The van der Waals surface area contributed by atoms with Crippen molar-refractivity contribution in [2.24, 2.45) is 0 Å². The molecule has 1 aliphatic rings. The second kappa shape index (κ2) is 7.64. The molecule has 0 radical (unpaired) electrons. The van der Waals surface area contributed by atoms with E-state index in [-0.39, 0.29) is 34.2 Å². The molecule has 7 heteroatoms. The molecule has 1 aliphatic heterocycles. The average molecular weight is 332 g/mol. The van der Waals surface area contributed by atoms with Crippen LogP contribution in [0.25, 0.3) is 0 Å². The summed E-state index contributed by atoms with van der Waals surface area (Å²) in [6.07, 6.45) is 1.98. The third-order valence-corrected chi connectivity index (χ3v) is 3.88. The number of carbonyl (C=O) groups excluding carboxylic acids is 2. The first-order valence-corrected chi connectivity index (χ1v) is 7.33. The topological polar surface area (TPSA) is 64.6 Å². The number of ether oxygens (including phenoxy) is 2. The van der Waals surface area contributed by atoms with E-state index in [9.17, 15) is 9.59 Å². The standard InChI is InChI=1S/C14H15Cl2NO4/c15-11-5-1-4-10(13(11)16)14(19)21-8-12(18)17-7-9-3-2-6-20-9/h1,4-5,9H,2-3,6-8H2,(H,17,18). The third kappa shape index (κ3) is 4.59. The number of hydrogen-bond acceptors (Lipinski definition) is 4. The number of hydrogen-bond donors (Lipinski definition) is 1. The predicted molar refractivity (Wildman–Crippen MR) is 78.7 cm³/mol. The average Bonchev–Trinajstić information content (AvgIpc) is 2.99. The molecule has 1 amide bonds. The van der Waals surface area contributed by atoms with Crippen LogP contribution in [0.3, 0.4) is 0 Å². The first-order chi connectivity index (χ1) is 10.1. The molecule has 2 rings (SSSR count). The predicted octanol–water partition coefficient (Wildman–Crippen LogP) is 2.45. The summed E-state index contributed by atoms with van der Waals surface area (Å²) in [4.78, 5) is 23.4. The Morgan fingerprint density at radius 1 is 1.38 bits per heavy atom. The smallest absolute Gasteiger partial charge is 0.340 e. The zero-order valence-electron chi connectivity index (χ0n) is 11.2. The first kappa shape index (κ1) is 16.1. The Balaban J connectivity index is 1.77. The summed E-state index contributed by atoms with van der Waals surface area (Å²) in [5.74, 6) is -1.06. The lowest BCUT2D eigenvalue weighted by Gasteiger charge is -2.11. The molecule has 0 aromatic heterocycles. The molecular formula is C14H15Cl2NO4. The maximum atomic E-state index is 11.8. The number of carbonyl (C=O) groups is 2. The minimum Gasteiger partial charge on any atom is -0.452 e. The fourth-order valence-electron chi connectivity index (χ4n) is 1.95. The molecule has 1 aromatic carbocycles. The van der Waals surface area contributed by atoms with Gasteiger partial charge in [0.1, 0.15) is 0 Å². The molecule has 1 unspecified atom stereocenters. The van der Waals surface area contributed by atoms with Crippen molar-refractivity contribution in [1.82, 2.24) is 5.32 Å². The quantitative estimate of drug-likeness (QED) is 0.841. The highest BCUT2D eigenvalue weighted by atomic mass is 35.5. The number of esters is 1. The van der Waals surface area contributed by atoms with Gasteiger partial charge in [0.15, 0.2) is 6.61 Å². The van der Waals surface area contributed by atoms with E-state index >= 15 is 0 Å². The molecule has 0 spiro atoms. The van der Waals surface area contributed by atoms with Gasteiger partial charge in [0, 0.05) is 13.2 Å². The highest BCUT2D eigenvalue weighted by molar-refractivity contribution is 6.43. The molecule has 1 aromatic rings. The zero-order valence-corrected chi connectivity index (χ0v) is 12.7. The van der Waals surface area contributed by atoms with Crippen LogP contribution >= 0.6 is 23.2 Å². The molecule has 0 saturated carbocycles. The van der Waals surface area contributed by atoms with Crippen LogP contribution in [0.15, 0.2) is 18.2 Å². The fraction of sp³-hybridized carbons (Fsp3) is 0.429. The lowest BCUT2D eigenvalue weighted by atomic mass is 10.2. The molecule has 1 saturated heterocycles. The maximum absolute atomic E-state index is 11.8. The van der Waals surface area contributed by atoms with Crippen molar-refractivity contribution in [3.63, 3.8) is 0 Å². The summed E-state index contributed by atoms with van der Waals surface area (Å²) in [6.45, 7) is 0.783. The van der Waals surface area contributed by atoms with Gasteiger partial charge >= 0.3 is 5.97 Å². The van der Waals surface area contributed by atoms with E-state index in [4.69, 9.17) is 32.7 Å². The van der Waals surface area contributed by atoms with Crippen LogP contribution in [0.5, 0.6) is 0 Å². The van der Waals surface area contributed by atoms with E-state index in [2.05, 4.69) is 5.32 Å². The second-order valence-corrected chi connectivity index (χ2v) is 5.40. The number of halogens is 2. The first-order valence-electron chi connectivity index (χ1n) is 6.57. The van der Waals surface area contributed by atoms with E-state index in [1.807, 2.05) is 0 Å². The molecule has 21 heavy (non-hydrogen) atoms. The summed E-state index contributed by atoms with van der Waals surface area (Å²) in [6, 6.07) is 4.64. The van der Waals surface area contributed by atoms with Crippen LogP contribution in [-0.2, 0) is 14.3 Å². The molecule has 1 N–H and O–H groups in total. The van der Waals surface area contributed by atoms with Crippen LogP contribution in [0, 0.1) is 0 Å². The van der Waals surface area contributed by atoms with Crippen molar-refractivity contribution in [3.8, 4) is 0 Å². The van der Waals surface area contributed by atoms with Gasteiger partial charge in [0.05, 0.1) is 21.7 Å². The highest BCUT2D eigenvalue weighted by Crippen LogP contribution is 2.25. The van der Waals surface area contributed by atoms with E-state index < -0.39 is 5.97 Å². The lowest BCUT2D eigenvalue weighted by molar-refractivity contribution is -0.124. The Kier molecular flexibility index (Phi) is 5.85. The van der Waals surface area contributed by atoms with Gasteiger partial charge in [0.2, 0.25) is 0 Å². The Hall–Kier alpha value is -1.30. The van der Waals surface area contributed by atoms with Crippen molar-refractivity contribution in [2.75, 3.05) is 19.8 Å². The number of nitrogens with one attached hydrogen (secondary N) is 1. The largest absolute Gasteiger partial charge is 0.452 e. The van der Waals surface area contributed by atoms with Gasteiger partial charge in [-0.25, -0.2) is 4.79 Å². The Morgan fingerprint density at radius 3 is 2.90 bits per heavy atom. The number of amides is 1. The normalized spacial score (nSPS) is 17.5. The van der Waals surface area contributed by atoms with Gasteiger partial charge < -0.3 is 14.8 Å². The monoisotopic (exact) mass is 331 g/mol. The minimum absolute atomic E-state index is 0.0482.